The van der Waals surface area contributed by atoms with E-state index in [-0.39, 0.29) is 0 Å². The Morgan fingerprint density at radius 2 is 2.27 bits per heavy atom. The van der Waals surface area contributed by atoms with E-state index in [1.54, 1.807) is 0 Å². The summed E-state index contributed by atoms with van der Waals surface area (Å²) in [7, 11) is 0. The molecule has 0 bridgehead atoms. The second-order valence-electron chi connectivity index (χ2n) is 2.68. The average molecular weight is 185 g/mol. The lowest BCUT2D eigenvalue weighted by Crippen LogP contribution is -2.02. The van der Waals surface area contributed by atoms with E-state index in [0.717, 1.165) is 17.2 Å². The normalized spacial score (nSPS) is 16.1. The number of fused-ring (bicyclic) bond motifs is 1. The number of rotatable bonds is 0. The van der Waals surface area contributed by atoms with Crippen molar-refractivity contribution in [2.45, 2.75) is 12.2 Å². The molecule has 58 valence electrons. The van der Waals surface area contributed by atoms with Crippen molar-refractivity contribution in [1.29, 1.82) is 0 Å². The van der Waals surface area contributed by atoms with Gasteiger partial charge in [0.1, 0.15) is 0 Å². The highest BCUT2D eigenvalue weighted by atomic mass is 35.5. The van der Waals surface area contributed by atoms with E-state index in [1.807, 2.05) is 23.9 Å². The van der Waals surface area contributed by atoms with Gasteiger partial charge in [-0.2, -0.15) is 11.8 Å². The van der Waals surface area contributed by atoms with Crippen LogP contribution in [-0.2, 0) is 12.2 Å². The molecule has 1 aliphatic rings. The van der Waals surface area contributed by atoms with Crippen LogP contribution in [0.1, 0.15) is 11.1 Å². The van der Waals surface area contributed by atoms with E-state index >= 15 is 0 Å². The molecule has 0 aliphatic carbocycles. The van der Waals surface area contributed by atoms with Crippen molar-refractivity contribution in [3.63, 3.8) is 0 Å². The lowest BCUT2D eigenvalue weighted by Gasteiger charge is -2.15. The molecule has 0 spiro atoms. The molecule has 0 fully saturated rings. The van der Waals surface area contributed by atoms with Crippen LogP contribution in [0.5, 0.6) is 0 Å². The van der Waals surface area contributed by atoms with Crippen LogP contribution in [0.2, 0.25) is 5.02 Å². The minimum Gasteiger partial charge on any atom is -0.157 e. The molecule has 2 rings (SSSR count). The van der Waals surface area contributed by atoms with Gasteiger partial charge in [0.25, 0.3) is 0 Å². The molecule has 0 saturated carbocycles. The molecule has 0 unspecified atom stereocenters. The predicted octanol–water partition coefficient (Wildman–Crippen LogP) is 3.13. The first-order valence-corrected chi connectivity index (χ1v) is 5.25. The largest absolute Gasteiger partial charge is 0.157 e. The van der Waals surface area contributed by atoms with E-state index < -0.39 is 0 Å². The Morgan fingerprint density at radius 1 is 1.36 bits per heavy atom. The maximum atomic E-state index is 6.03. The molecule has 1 heterocycles. The lowest BCUT2D eigenvalue weighted by atomic mass is 10.1. The first-order valence-electron chi connectivity index (χ1n) is 3.72. The second-order valence-corrected chi connectivity index (χ2v) is 4.19. The molecular weight excluding hydrogens is 176 g/mol. The number of hydrogen-bond acceptors (Lipinski definition) is 1. The third kappa shape index (κ3) is 1.40. The summed E-state index contributed by atoms with van der Waals surface area (Å²) < 4.78 is 0. The van der Waals surface area contributed by atoms with Gasteiger partial charge in [-0.1, -0.05) is 23.7 Å². The summed E-state index contributed by atoms with van der Waals surface area (Å²) in [5.41, 5.74) is 2.79. The zero-order valence-electron chi connectivity index (χ0n) is 6.14. The maximum Gasteiger partial charge on any atom is 0.0441 e. The van der Waals surface area contributed by atoms with Crippen LogP contribution >= 0.6 is 23.4 Å². The summed E-state index contributed by atoms with van der Waals surface area (Å²) in [6, 6.07) is 6.19. The molecule has 11 heavy (non-hydrogen) atoms. The highest BCUT2D eigenvalue weighted by Gasteiger charge is 2.10. The second kappa shape index (κ2) is 3.08. The Balaban J connectivity index is 2.49. The van der Waals surface area contributed by atoms with Gasteiger partial charge in [-0.3, -0.25) is 0 Å². The van der Waals surface area contributed by atoms with E-state index in [2.05, 4.69) is 6.07 Å². The third-order valence-electron chi connectivity index (χ3n) is 1.97. The minimum absolute atomic E-state index is 0.947. The fraction of sp³-hybridized carbons (Fsp3) is 0.333. The van der Waals surface area contributed by atoms with Crippen LogP contribution in [-0.4, -0.2) is 5.75 Å². The van der Waals surface area contributed by atoms with Gasteiger partial charge in [-0.15, -0.1) is 0 Å². The predicted molar refractivity (Wildman–Crippen MR) is 51.3 cm³/mol. The Bertz CT molecular complexity index is 270. The van der Waals surface area contributed by atoms with Crippen molar-refractivity contribution in [3.8, 4) is 0 Å². The Kier molecular flexibility index (Phi) is 2.10. The average Bonchev–Trinajstić information content (AvgIpc) is 2.06. The van der Waals surface area contributed by atoms with Crippen molar-refractivity contribution < 1.29 is 0 Å². The molecule has 0 atom stereocenters. The Morgan fingerprint density at radius 3 is 3.09 bits per heavy atom. The number of thioether (sulfide) groups is 1. The molecule has 1 aliphatic heterocycles. The van der Waals surface area contributed by atoms with Crippen molar-refractivity contribution in [2.24, 2.45) is 0 Å². The summed E-state index contributed by atoms with van der Waals surface area (Å²) in [5, 5.41) is 0.947. The fourth-order valence-corrected chi connectivity index (χ4v) is 2.65. The molecule has 1 aromatic carbocycles. The van der Waals surface area contributed by atoms with Crippen molar-refractivity contribution >= 4 is 23.4 Å². The van der Waals surface area contributed by atoms with Gasteiger partial charge in [0, 0.05) is 10.8 Å². The van der Waals surface area contributed by atoms with E-state index in [4.69, 9.17) is 11.6 Å². The Hall–Kier alpha value is -0.140. The first-order chi connectivity index (χ1) is 5.38. The summed E-state index contributed by atoms with van der Waals surface area (Å²) in [5.74, 6) is 2.35. The summed E-state index contributed by atoms with van der Waals surface area (Å²) in [6.45, 7) is 0. The van der Waals surface area contributed by atoms with Crippen LogP contribution < -0.4 is 0 Å². The molecule has 2 heteroatoms. The zero-order valence-corrected chi connectivity index (χ0v) is 7.71. The molecule has 0 N–H and O–H groups in total. The molecule has 0 aromatic heterocycles. The summed E-state index contributed by atoms with van der Waals surface area (Å²) in [6.07, 6.45) is 1.14. The quantitative estimate of drug-likeness (QED) is 0.597. The monoisotopic (exact) mass is 184 g/mol. The SMILES string of the molecule is Clc1cccc2c1CCSC2. The molecule has 0 amide bonds. The van der Waals surface area contributed by atoms with E-state index in [9.17, 15) is 0 Å². The zero-order chi connectivity index (χ0) is 7.68. The maximum absolute atomic E-state index is 6.03. The lowest BCUT2D eigenvalue weighted by molar-refractivity contribution is 1.09. The number of benzene rings is 1. The first kappa shape index (κ1) is 7.51. The highest BCUT2D eigenvalue weighted by molar-refractivity contribution is 7.98. The van der Waals surface area contributed by atoms with Gasteiger partial charge in [0.15, 0.2) is 0 Å². The molecular formula is C9H9ClS. The van der Waals surface area contributed by atoms with E-state index in [0.29, 0.717) is 0 Å². The third-order valence-corrected chi connectivity index (χ3v) is 3.33. The van der Waals surface area contributed by atoms with E-state index in [1.165, 1.54) is 16.9 Å². The number of hydrogen-bond donors (Lipinski definition) is 0. The standard InChI is InChI=1S/C9H9ClS/c10-9-3-1-2-7-6-11-5-4-8(7)9/h1-3H,4-6H2. The highest BCUT2D eigenvalue weighted by Crippen LogP contribution is 2.29. The smallest absolute Gasteiger partial charge is 0.0441 e. The van der Waals surface area contributed by atoms with Crippen molar-refractivity contribution in [3.05, 3.63) is 34.3 Å². The fourth-order valence-electron chi connectivity index (χ4n) is 1.37. The van der Waals surface area contributed by atoms with Gasteiger partial charge < -0.3 is 0 Å². The van der Waals surface area contributed by atoms with Gasteiger partial charge in [-0.05, 0) is 29.4 Å². The summed E-state index contributed by atoms with van der Waals surface area (Å²) >= 11 is 8.02. The van der Waals surface area contributed by atoms with Gasteiger partial charge in [0.2, 0.25) is 0 Å². The molecule has 0 nitrogen and oxygen atoms in total. The minimum atomic E-state index is 0.947. The van der Waals surface area contributed by atoms with Crippen LogP contribution in [0.3, 0.4) is 0 Å². The molecule has 0 saturated heterocycles. The van der Waals surface area contributed by atoms with Gasteiger partial charge in [0.05, 0.1) is 0 Å². The van der Waals surface area contributed by atoms with Crippen LogP contribution in [0.15, 0.2) is 18.2 Å². The van der Waals surface area contributed by atoms with Gasteiger partial charge >= 0.3 is 0 Å². The molecule has 0 radical (unpaired) electrons. The van der Waals surface area contributed by atoms with Gasteiger partial charge in [-0.25, -0.2) is 0 Å². The number of halogens is 1. The van der Waals surface area contributed by atoms with Crippen LogP contribution in [0.4, 0.5) is 0 Å². The van der Waals surface area contributed by atoms with Crippen molar-refractivity contribution in [2.75, 3.05) is 5.75 Å². The van der Waals surface area contributed by atoms with Crippen LogP contribution in [0, 0.1) is 0 Å². The Labute approximate surface area is 75.9 Å². The molecule has 1 aromatic rings. The topological polar surface area (TPSA) is 0 Å². The summed E-state index contributed by atoms with van der Waals surface area (Å²) in [4.78, 5) is 0. The van der Waals surface area contributed by atoms with Crippen LogP contribution in [0.25, 0.3) is 0 Å². The van der Waals surface area contributed by atoms with Crippen molar-refractivity contribution in [1.82, 2.24) is 0 Å².